The number of aromatic nitrogens is 3. The molecule has 0 fully saturated rings. The molecule has 0 unspecified atom stereocenters. The van der Waals surface area contributed by atoms with Crippen LogP contribution in [0.25, 0.3) is 22.8 Å². The lowest BCUT2D eigenvalue weighted by molar-refractivity contribution is 0.834. The molecule has 0 saturated heterocycles. The third-order valence-electron chi connectivity index (χ3n) is 4.05. The lowest BCUT2D eigenvalue weighted by Crippen LogP contribution is -1.94. The maximum Gasteiger partial charge on any atom is 0.159 e. The van der Waals surface area contributed by atoms with Gasteiger partial charge in [-0.2, -0.15) is 5.26 Å². The Morgan fingerprint density at radius 3 is 2.28 bits per heavy atom. The lowest BCUT2D eigenvalue weighted by Gasteiger charge is -2.02. The van der Waals surface area contributed by atoms with E-state index in [1.54, 1.807) is 18.3 Å². The molecule has 0 saturated carbocycles. The predicted molar refractivity (Wildman–Crippen MR) is 120 cm³/mol. The number of halogens is 2. The molecule has 0 bridgehead atoms. The molecule has 4 rings (SSSR count). The number of hydrogen-bond donors (Lipinski definition) is 1. The van der Waals surface area contributed by atoms with Crippen LogP contribution in [0.5, 0.6) is 0 Å². The first-order chi connectivity index (χ1) is 14.0. The Hall–Kier alpha value is -2.78. The second-order valence-corrected chi connectivity index (χ2v) is 7.25. The SMILES string of the molecule is Clc1ccccc1.Cn1c(-c2ccccn2)nc(-c2ccc(C#N)c(Cl)c2)c1S. The highest BCUT2D eigenvalue weighted by molar-refractivity contribution is 7.80. The highest BCUT2D eigenvalue weighted by atomic mass is 35.5. The number of nitrogens with zero attached hydrogens (tertiary/aromatic N) is 4. The third-order valence-corrected chi connectivity index (χ3v) is 5.13. The lowest BCUT2D eigenvalue weighted by atomic mass is 10.1. The quantitative estimate of drug-likeness (QED) is 0.373. The van der Waals surface area contributed by atoms with E-state index in [1.165, 1.54) is 0 Å². The van der Waals surface area contributed by atoms with Crippen LogP contribution < -0.4 is 0 Å². The van der Waals surface area contributed by atoms with Crippen molar-refractivity contribution in [3.8, 4) is 28.8 Å². The van der Waals surface area contributed by atoms with Gasteiger partial charge in [0.25, 0.3) is 0 Å². The fourth-order valence-electron chi connectivity index (χ4n) is 2.58. The number of imidazole rings is 1. The van der Waals surface area contributed by atoms with Gasteiger partial charge in [0.15, 0.2) is 5.82 Å². The van der Waals surface area contributed by atoms with E-state index in [-0.39, 0.29) is 0 Å². The Morgan fingerprint density at radius 1 is 1.00 bits per heavy atom. The molecule has 0 aliphatic heterocycles. The van der Waals surface area contributed by atoms with Crippen molar-refractivity contribution >= 4 is 35.8 Å². The van der Waals surface area contributed by atoms with Crippen LogP contribution in [-0.4, -0.2) is 14.5 Å². The van der Waals surface area contributed by atoms with Crippen molar-refractivity contribution in [3.05, 3.63) is 88.5 Å². The number of hydrogen-bond acceptors (Lipinski definition) is 4. The summed E-state index contributed by atoms with van der Waals surface area (Å²) in [6.45, 7) is 0. The highest BCUT2D eigenvalue weighted by Gasteiger charge is 2.16. The monoisotopic (exact) mass is 438 g/mol. The van der Waals surface area contributed by atoms with E-state index in [1.807, 2.05) is 72.3 Å². The van der Waals surface area contributed by atoms with Crippen LogP contribution in [0.2, 0.25) is 10.0 Å². The van der Waals surface area contributed by atoms with Gasteiger partial charge in [0, 0.05) is 23.8 Å². The molecule has 144 valence electrons. The van der Waals surface area contributed by atoms with Gasteiger partial charge in [0.2, 0.25) is 0 Å². The number of pyridine rings is 1. The minimum absolute atomic E-state index is 0.401. The van der Waals surface area contributed by atoms with E-state index in [2.05, 4.69) is 22.6 Å². The molecule has 0 spiro atoms. The zero-order valence-electron chi connectivity index (χ0n) is 15.4. The van der Waals surface area contributed by atoms with Gasteiger partial charge in [-0.15, -0.1) is 12.6 Å². The van der Waals surface area contributed by atoms with Crippen LogP contribution in [-0.2, 0) is 7.05 Å². The second kappa shape index (κ2) is 9.62. The summed E-state index contributed by atoms with van der Waals surface area (Å²) < 4.78 is 1.87. The van der Waals surface area contributed by atoms with Crippen LogP contribution in [0, 0.1) is 11.3 Å². The van der Waals surface area contributed by atoms with Crippen LogP contribution in [0.4, 0.5) is 0 Å². The second-order valence-electron chi connectivity index (χ2n) is 5.98. The van der Waals surface area contributed by atoms with Gasteiger partial charge in [-0.1, -0.05) is 53.5 Å². The van der Waals surface area contributed by atoms with Gasteiger partial charge in [0.05, 0.1) is 15.6 Å². The molecular weight excluding hydrogens is 423 g/mol. The molecule has 0 radical (unpaired) electrons. The number of benzene rings is 2. The number of nitriles is 1. The first-order valence-corrected chi connectivity index (χ1v) is 9.79. The van der Waals surface area contributed by atoms with Crippen molar-refractivity contribution < 1.29 is 0 Å². The van der Waals surface area contributed by atoms with Gasteiger partial charge in [-0.05, 0) is 36.4 Å². The van der Waals surface area contributed by atoms with Crippen LogP contribution in [0.1, 0.15) is 5.56 Å². The van der Waals surface area contributed by atoms with E-state index >= 15 is 0 Å². The molecule has 7 heteroatoms. The minimum Gasteiger partial charge on any atom is -0.321 e. The fraction of sp³-hybridized carbons (Fsp3) is 0.0455. The van der Waals surface area contributed by atoms with Crippen LogP contribution in [0.15, 0.2) is 78.0 Å². The van der Waals surface area contributed by atoms with Crippen molar-refractivity contribution in [3.63, 3.8) is 0 Å². The van der Waals surface area contributed by atoms with Crippen LogP contribution >= 0.6 is 35.8 Å². The average molecular weight is 439 g/mol. The summed E-state index contributed by atoms with van der Waals surface area (Å²) in [4.78, 5) is 8.95. The minimum atomic E-state index is 0.401. The van der Waals surface area contributed by atoms with E-state index < -0.39 is 0 Å². The standard InChI is InChI=1S/C16H11ClN4S.C6H5Cl/c1-21-15(13-4-2-3-7-19-13)20-14(16(21)22)10-5-6-11(9-18)12(17)8-10;7-6-4-2-1-3-5-6/h2-8,22H,1H3;1-5H. The van der Waals surface area contributed by atoms with Crippen molar-refractivity contribution in [2.75, 3.05) is 0 Å². The molecular formula is C22H16Cl2N4S. The molecule has 29 heavy (non-hydrogen) atoms. The highest BCUT2D eigenvalue weighted by Crippen LogP contribution is 2.32. The molecule has 2 heterocycles. The topological polar surface area (TPSA) is 54.5 Å². The van der Waals surface area contributed by atoms with Gasteiger partial charge in [-0.3, -0.25) is 4.98 Å². The average Bonchev–Trinajstić information content (AvgIpc) is 3.04. The normalized spacial score (nSPS) is 10.0. The van der Waals surface area contributed by atoms with Crippen LogP contribution in [0.3, 0.4) is 0 Å². The summed E-state index contributed by atoms with van der Waals surface area (Å²) in [5.74, 6) is 0.723. The zero-order valence-corrected chi connectivity index (χ0v) is 17.8. The number of rotatable bonds is 2. The first-order valence-electron chi connectivity index (χ1n) is 8.59. The van der Waals surface area contributed by atoms with E-state index in [9.17, 15) is 0 Å². The van der Waals surface area contributed by atoms with E-state index in [0.717, 1.165) is 22.1 Å². The predicted octanol–water partition coefficient (Wildman–Crippen LogP) is 6.30. The van der Waals surface area contributed by atoms with Gasteiger partial charge >= 0.3 is 0 Å². The molecule has 2 aromatic carbocycles. The third kappa shape index (κ3) is 4.99. The Morgan fingerprint density at radius 2 is 1.72 bits per heavy atom. The van der Waals surface area contributed by atoms with Crippen molar-refractivity contribution in [1.82, 2.24) is 14.5 Å². The first kappa shape index (κ1) is 20.9. The smallest absolute Gasteiger partial charge is 0.159 e. The number of thiol groups is 1. The molecule has 0 aliphatic carbocycles. The summed E-state index contributed by atoms with van der Waals surface area (Å²) in [5.41, 5.74) is 2.72. The van der Waals surface area contributed by atoms with Crippen molar-refractivity contribution in [1.29, 1.82) is 5.26 Å². The fourth-order valence-corrected chi connectivity index (χ4v) is 3.22. The van der Waals surface area contributed by atoms with E-state index in [0.29, 0.717) is 21.3 Å². The van der Waals surface area contributed by atoms with E-state index in [4.69, 9.17) is 28.5 Å². The Labute approximate surface area is 184 Å². The van der Waals surface area contributed by atoms with Gasteiger partial charge in [-0.25, -0.2) is 4.98 Å². The largest absolute Gasteiger partial charge is 0.321 e. The molecule has 4 aromatic rings. The zero-order chi connectivity index (χ0) is 20.8. The molecule has 0 atom stereocenters. The Kier molecular flexibility index (Phi) is 6.95. The summed E-state index contributed by atoms with van der Waals surface area (Å²) in [7, 11) is 1.88. The maximum absolute atomic E-state index is 8.95. The molecule has 4 nitrogen and oxygen atoms in total. The van der Waals surface area contributed by atoms with Crippen molar-refractivity contribution in [2.24, 2.45) is 7.05 Å². The van der Waals surface area contributed by atoms with Crippen molar-refractivity contribution in [2.45, 2.75) is 5.03 Å². The summed E-state index contributed by atoms with van der Waals surface area (Å²) in [5, 5.41) is 10.9. The Balaban J connectivity index is 0.000000290. The summed E-state index contributed by atoms with van der Waals surface area (Å²) >= 11 is 16.2. The van der Waals surface area contributed by atoms with Gasteiger partial charge < -0.3 is 4.57 Å². The molecule has 2 aromatic heterocycles. The molecule has 0 amide bonds. The molecule has 0 N–H and O–H groups in total. The molecule has 0 aliphatic rings. The Bertz CT molecular complexity index is 1150. The van der Waals surface area contributed by atoms with Gasteiger partial charge in [0.1, 0.15) is 17.5 Å². The summed E-state index contributed by atoms with van der Waals surface area (Å²) in [6, 6.07) is 22.4. The summed E-state index contributed by atoms with van der Waals surface area (Å²) in [6.07, 6.45) is 1.72. The maximum atomic E-state index is 8.95.